The van der Waals surface area contributed by atoms with E-state index in [1.807, 2.05) is 11.8 Å². The van der Waals surface area contributed by atoms with Gasteiger partial charge in [-0.25, -0.2) is 0 Å². The van der Waals surface area contributed by atoms with Crippen molar-refractivity contribution in [2.24, 2.45) is 4.99 Å². The SMILES string of the molecule is c1ccc2c(c1)CC(N=C1NC3(CCCC3)CS1)C2. The molecule has 1 aliphatic heterocycles. The molecule has 0 unspecified atom stereocenters. The van der Waals surface area contributed by atoms with Crippen LogP contribution in [0.2, 0.25) is 0 Å². The molecule has 0 atom stereocenters. The lowest BCUT2D eigenvalue weighted by atomic mass is 10.0. The molecular weight excluding hydrogens is 252 g/mol. The van der Waals surface area contributed by atoms with E-state index in [2.05, 4.69) is 29.6 Å². The van der Waals surface area contributed by atoms with Gasteiger partial charge in [0, 0.05) is 11.3 Å². The average Bonchev–Trinajstić information content (AvgIpc) is 3.11. The fourth-order valence-corrected chi connectivity index (χ4v) is 4.98. The number of aliphatic imine (C=N–C) groups is 1. The van der Waals surface area contributed by atoms with Crippen LogP contribution in [-0.4, -0.2) is 22.5 Å². The van der Waals surface area contributed by atoms with Crippen LogP contribution in [0.1, 0.15) is 36.8 Å². The molecule has 0 radical (unpaired) electrons. The topological polar surface area (TPSA) is 24.4 Å². The molecule has 4 rings (SSSR count). The Morgan fingerprint density at radius 2 is 1.79 bits per heavy atom. The molecule has 0 bridgehead atoms. The van der Waals surface area contributed by atoms with E-state index in [0.717, 1.165) is 12.8 Å². The summed E-state index contributed by atoms with van der Waals surface area (Å²) in [6.07, 6.45) is 7.68. The number of hydrogen-bond acceptors (Lipinski definition) is 2. The van der Waals surface area contributed by atoms with Gasteiger partial charge in [-0.15, -0.1) is 0 Å². The van der Waals surface area contributed by atoms with Crippen LogP contribution in [0.5, 0.6) is 0 Å². The molecule has 1 heterocycles. The molecule has 100 valence electrons. The van der Waals surface area contributed by atoms with Gasteiger partial charge in [0.2, 0.25) is 0 Å². The van der Waals surface area contributed by atoms with Crippen LogP contribution < -0.4 is 5.32 Å². The zero-order valence-electron chi connectivity index (χ0n) is 11.2. The maximum atomic E-state index is 4.98. The first-order valence-electron chi connectivity index (χ1n) is 7.39. The Bertz CT molecular complexity index is 492. The summed E-state index contributed by atoms with van der Waals surface area (Å²) in [4.78, 5) is 4.98. The fraction of sp³-hybridized carbons (Fsp3) is 0.562. The highest BCUT2D eigenvalue weighted by molar-refractivity contribution is 8.14. The van der Waals surface area contributed by atoms with Gasteiger partial charge in [-0.05, 0) is 36.8 Å². The highest BCUT2D eigenvalue weighted by atomic mass is 32.2. The van der Waals surface area contributed by atoms with Crippen LogP contribution in [0, 0.1) is 0 Å². The van der Waals surface area contributed by atoms with Crippen molar-refractivity contribution < 1.29 is 0 Å². The summed E-state index contributed by atoms with van der Waals surface area (Å²) in [5, 5.41) is 4.94. The van der Waals surface area contributed by atoms with Crippen molar-refractivity contribution in [3.8, 4) is 0 Å². The first-order valence-corrected chi connectivity index (χ1v) is 8.37. The largest absolute Gasteiger partial charge is 0.359 e. The van der Waals surface area contributed by atoms with Gasteiger partial charge >= 0.3 is 0 Å². The molecule has 3 aliphatic rings. The monoisotopic (exact) mass is 272 g/mol. The number of amidine groups is 1. The highest BCUT2D eigenvalue weighted by Gasteiger charge is 2.39. The third-order valence-electron chi connectivity index (χ3n) is 4.75. The normalized spacial score (nSPS) is 27.1. The van der Waals surface area contributed by atoms with Crippen molar-refractivity contribution in [2.75, 3.05) is 5.75 Å². The summed E-state index contributed by atoms with van der Waals surface area (Å²) < 4.78 is 0. The Morgan fingerprint density at radius 3 is 2.47 bits per heavy atom. The molecule has 1 aromatic carbocycles. The molecule has 1 N–H and O–H groups in total. The number of nitrogens with zero attached hydrogens (tertiary/aromatic N) is 1. The third kappa shape index (κ3) is 2.18. The highest BCUT2D eigenvalue weighted by Crippen LogP contribution is 2.38. The van der Waals surface area contributed by atoms with Crippen molar-refractivity contribution in [3.63, 3.8) is 0 Å². The summed E-state index contributed by atoms with van der Waals surface area (Å²) in [6.45, 7) is 0. The first-order chi connectivity index (χ1) is 9.33. The van der Waals surface area contributed by atoms with E-state index in [9.17, 15) is 0 Å². The van der Waals surface area contributed by atoms with E-state index in [-0.39, 0.29) is 0 Å². The Labute approximate surface area is 119 Å². The summed E-state index contributed by atoms with van der Waals surface area (Å²) >= 11 is 1.94. The fourth-order valence-electron chi connectivity index (χ4n) is 3.69. The molecule has 1 saturated carbocycles. The molecule has 3 heteroatoms. The van der Waals surface area contributed by atoms with Gasteiger partial charge in [0.05, 0.1) is 6.04 Å². The third-order valence-corrected chi connectivity index (χ3v) is 5.93. The Kier molecular flexibility index (Phi) is 2.83. The minimum Gasteiger partial charge on any atom is -0.359 e. The Hall–Kier alpha value is -0.960. The predicted molar refractivity (Wildman–Crippen MR) is 81.9 cm³/mol. The zero-order valence-corrected chi connectivity index (χ0v) is 12.0. The van der Waals surface area contributed by atoms with Gasteiger partial charge in [-0.2, -0.15) is 0 Å². The number of rotatable bonds is 1. The van der Waals surface area contributed by atoms with Crippen LogP contribution in [0.15, 0.2) is 29.3 Å². The lowest BCUT2D eigenvalue weighted by Gasteiger charge is -2.22. The predicted octanol–water partition coefficient (Wildman–Crippen LogP) is 3.16. The molecule has 1 aromatic rings. The van der Waals surface area contributed by atoms with Gasteiger partial charge < -0.3 is 5.32 Å². The summed E-state index contributed by atoms with van der Waals surface area (Å²) in [7, 11) is 0. The first kappa shape index (κ1) is 11.8. The maximum Gasteiger partial charge on any atom is 0.157 e. The smallest absolute Gasteiger partial charge is 0.157 e. The van der Waals surface area contributed by atoms with Gasteiger partial charge in [0.15, 0.2) is 5.17 Å². The van der Waals surface area contributed by atoms with Crippen molar-refractivity contribution in [1.29, 1.82) is 0 Å². The Morgan fingerprint density at radius 1 is 1.11 bits per heavy atom. The summed E-state index contributed by atoms with van der Waals surface area (Å²) in [5.41, 5.74) is 3.39. The average molecular weight is 272 g/mol. The number of benzene rings is 1. The molecule has 19 heavy (non-hydrogen) atoms. The standard InChI is InChI=1S/C16H20N2S/c1-2-6-13-10-14(9-12(13)5-1)17-15-18-16(11-19-15)7-3-4-8-16/h1-2,5-6,14H,3-4,7-11H2,(H,17,18). The molecular formula is C16H20N2S. The zero-order chi connectivity index (χ0) is 12.7. The van der Waals surface area contributed by atoms with E-state index in [0.29, 0.717) is 11.6 Å². The van der Waals surface area contributed by atoms with Crippen LogP contribution in [-0.2, 0) is 12.8 Å². The summed E-state index contributed by atoms with van der Waals surface area (Å²) in [6, 6.07) is 9.25. The van der Waals surface area contributed by atoms with Crippen LogP contribution in [0.4, 0.5) is 0 Å². The summed E-state index contributed by atoms with van der Waals surface area (Å²) in [5.74, 6) is 1.23. The van der Waals surface area contributed by atoms with Crippen molar-refractivity contribution in [2.45, 2.75) is 50.1 Å². The second kappa shape index (κ2) is 4.55. The van der Waals surface area contributed by atoms with E-state index < -0.39 is 0 Å². The van der Waals surface area contributed by atoms with Crippen LogP contribution in [0.3, 0.4) is 0 Å². The van der Waals surface area contributed by atoms with Crippen molar-refractivity contribution in [3.05, 3.63) is 35.4 Å². The molecule has 2 nitrogen and oxygen atoms in total. The van der Waals surface area contributed by atoms with Crippen molar-refractivity contribution >= 4 is 16.9 Å². The lowest BCUT2D eigenvalue weighted by molar-refractivity contribution is 0.452. The van der Waals surface area contributed by atoms with Gasteiger partial charge in [0.1, 0.15) is 0 Å². The molecule has 0 aromatic heterocycles. The minimum absolute atomic E-state index is 0.398. The number of nitrogens with one attached hydrogen (secondary N) is 1. The van der Waals surface area contributed by atoms with Crippen LogP contribution in [0.25, 0.3) is 0 Å². The molecule has 1 saturated heterocycles. The second-order valence-corrected chi connectivity index (χ2v) is 7.13. The maximum absolute atomic E-state index is 4.98. The second-order valence-electron chi connectivity index (χ2n) is 6.17. The number of fused-ring (bicyclic) bond motifs is 1. The van der Waals surface area contributed by atoms with Gasteiger partial charge in [0.25, 0.3) is 0 Å². The van der Waals surface area contributed by atoms with Gasteiger partial charge in [-0.1, -0.05) is 48.9 Å². The number of hydrogen-bond donors (Lipinski definition) is 1. The molecule has 0 amide bonds. The van der Waals surface area contributed by atoms with Gasteiger partial charge in [-0.3, -0.25) is 4.99 Å². The van der Waals surface area contributed by atoms with E-state index in [4.69, 9.17) is 4.99 Å². The molecule has 2 fully saturated rings. The minimum atomic E-state index is 0.398. The molecule has 2 aliphatic carbocycles. The van der Waals surface area contributed by atoms with E-state index >= 15 is 0 Å². The van der Waals surface area contributed by atoms with Crippen LogP contribution >= 0.6 is 11.8 Å². The van der Waals surface area contributed by atoms with Crippen molar-refractivity contribution in [1.82, 2.24) is 5.32 Å². The lowest BCUT2D eigenvalue weighted by Crippen LogP contribution is -2.41. The quantitative estimate of drug-likeness (QED) is 0.849. The Balaban J connectivity index is 1.47. The number of thioether (sulfide) groups is 1. The van der Waals surface area contributed by atoms with E-state index in [1.54, 1.807) is 0 Å². The molecule has 1 spiro atoms. The van der Waals surface area contributed by atoms with E-state index in [1.165, 1.54) is 47.7 Å².